The van der Waals surface area contributed by atoms with E-state index in [1.807, 2.05) is 0 Å². The zero-order chi connectivity index (χ0) is 28.2. The summed E-state index contributed by atoms with van der Waals surface area (Å²) in [5.74, 6) is 5.44. The van der Waals surface area contributed by atoms with Gasteiger partial charge in [-0.3, -0.25) is 0 Å². The van der Waals surface area contributed by atoms with Gasteiger partial charge in [0.15, 0.2) is 31.2 Å². The Morgan fingerprint density at radius 2 is 1.23 bits per heavy atom. The highest BCUT2D eigenvalue weighted by Crippen LogP contribution is 2.35. The fraction of sp³-hybridized carbons (Fsp3) is 0.207. The summed E-state index contributed by atoms with van der Waals surface area (Å²) in [6.45, 7) is 2.86. The number of esters is 2. The van der Waals surface area contributed by atoms with E-state index >= 15 is 0 Å². The van der Waals surface area contributed by atoms with Crippen molar-refractivity contribution in [1.82, 2.24) is 4.98 Å². The lowest BCUT2D eigenvalue weighted by atomic mass is 10.3. The minimum Gasteiger partial charge on any atom is -0.479 e. The van der Waals surface area contributed by atoms with Crippen molar-refractivity contribution in [3.05, 3.63) is 65.8 Å². The summed E-state index contributed by atoms with van der Waals surface area (Å²) in [7, 11) is 0. The SMILES string of the molecule is C#CCOC(=O)[C@@H](C)Oc1ccc(Oc2cc(Cl)cnc2Oc2ccc(O[C@H](C)C(=O)OCC#C)cc2)cc1. The normalized spacial score (nSPS) is 11.6. The molecule has 0 radical (unpaired) electrons. The topological polar surface area (TPSA) is 102 Å². The number of pyridine rings is 1. The van der Waals surface area contributed by atoms with Crippen LogP contribution in [0.5, 0.6) is 34.6 Å². The maximum absolute atomic E-state index is 11.8. The molecule has 1 aromatic heterocycles. The summed E-state index contributed by atoms with van der Waals surface area (Å²) < 4.78 is 32.6. The van der Waals surface area contributed by atoms with Gasteiger partial charge >= 0.3 is 11.9 Å². The van der Waals surface area contributed by atoms with Crippen molar-refractivity contribution in [3.63, 3.8) is 0 Å². The van der Waals surface area contributed by atoms with Gasteiger partial charge in [0.05, 0.1) is 5.02 Å². The molecule has 2 aromatic carbocycles. The highest BCUT2D eigenvalue weighted by molar-refractivity contribution is 6.30. The van der Waals surface area contributed by atoms with Crippen LogP contribution in [0, 0.1) is 24.7 Å². The molecule has 0 saturated carbocycles. The van der Waals surface area contributed by atoms with Crippen molar-refractivity contribution in [3.8, 4) is 59.3 Å². The molecule has 3 rings (SSSR count). The van der Waals surface area contributed by atoms with Gasteiger partial charge in [-0.15, -0.1) is 12.8 Å². The molecule has 0 unspecified atom stereocenters. The lowest BCUT2D eigenvalue weighted by molar-refractivity contribution is -0.150. The van der Waals surface area contributed by atoms with Crippen molar-refractivity contribution in [2.75, 3.05) is 13.2 Å². The van der Waals surface area contributed by atoms with Crippen molar-refractivity contribution in [2.45, 2.75) is 26.1 Å². The van der Waals surface area contributed by atoms with Gasteiger partial charge in [-0.2, -0.15) is 0 Å². The standard InChI is InChI=1S/C29H24ClNO8/c1-5-15-34-28(32)19(3)36-22-7-11-24(12-8-22)38-26-17-21(30)18-31-27(26)39-25-13-9-23(10-14-25)37-20(4)29(33)35-16-6-2/h1-2,7-14,17-20H,15-16H2,3-4H3/t19-,20-/m1/s1. The first kappa shape index (κ1) is 28.7. The van der Waals surface area contributed by atoms with Crippen LogP contribution in [0.1, 0.15) is 13.8 Å². The summed E-state index contributed by atoms with van der Waals surface area (Å²) in [6, 6.07) is 14.6. The van der Waals surface area contributed by atoms with Crippen LogP contribution in [0.4, 0.5) is 0 Å². The Labute approximate surface area is 230 Å². The van der Waals surface area contributed by atoms with Gasteiger partial charge in [-0.05, 0) is 62.4 Å². The number of hydrogen-bond donors (Lipinski definition) is 0. The third-order valence-electron chi connectivity index (χ3n) is 4.76. The Balaban J connectivity index is 1.64. The maximum Gasteiger partial charge on any atom is 0.347 e. The van der Waals surface area contributed by atoms with E-state index in [4.69, 9.17) is 52.9 Å². The van der Waals surface area contributed by atoms with Crippen LogP contribution in [0.15, 0.2) is 60.8 Å². The van der Waals surface area contributed by atoms with Gasteiger partial charge in [0.2, 0.25) is 0 Å². The number of hydrogen-bond acceptors (Lipinski definition) is 9. The Morgan fingerprint density at radius 1 is 0.795 bits per heavy atom. The molecule has 0 bridgehead atoms. The van der Waals surface area contributed by atoms with Gasteiger partial charge in [0, 0.05) is 12.3 Å². The zero-order valence-corrected chi connectivity index (χ0v) is 21.8. The molecule has 39 heavy (non-hydrogen) atoms. The van der Waals surface area contributed by atoms with E-state index in [1.165, 1.54) is 6.20 Å². The minimum atomic E-state index is -0.843. The molecule has 9 nitrogen and oxygen atoms in total. The van der Waals surface area contributed by atoms with Crippen LogP contribution in [0.25, 0.3) is 0 Å². The van der Waals surface area contributed by atoms with E-state index in [0.29, 0.717) is 28.0 Å². The number of carbonyl (C=O) groups excluding carboxylic acids is 2. The number of terminal acetylenes is 2. The largest absolute Gasteiger partial charge is 0.479 e. The monoisotopic (exact) mass is 549 g/mol. The Morgan fingerprint density at radius 3 is 1.69 bits per heavy atom. The van der Waals surface area contributed by atoms with E-state index in [-0.39, 0.29) is 24.8 Å². The zero-order valence-electron chi connectivity index (χ0n) is 21.1. The predicted octanol–water partition coefficient (Wildman–Crippen LogP) is 5.21. The van der Waals surface area contributed by atoms with E-state index in [1.54, 1.807) is 68.4 Å². The third kappa shape index (κ3) is 8.89. The van der Waals surface area contributed by atoms with Crippen LogP contribution in [-0.4, -0.2) is 42.3 Å². The molecule has 1 heterocycles. The molecule has 200 valence electrons. The van der Waals surface area contributed by atoms with Crippen LogP contribution in [-0.2, 0) is 19.1 Å². The first-order valence-electron chi connectivity index (χ1n) is 11.5. The predicted molar refractivity (Wildman–Crippen MR) is 142 cm³/mol. The van der Waals surface area contributed by atoms with Crippen molar-refractivity contribution in [1.29, 1.82) is 0 Å². The summed E-state index contributed by atoms with van der Waals surface area (Å²) in [6.07, 6.45) is 9.91. The maximum atomic E-state index is 11.8. The van der Waals surface area contributed by atoms with Gasteiger partial charge in [0.1, 0.15) is 23.0 Å². The lowest BCUT2D eigenvalue weighted by Crippen LogP contribution is -2.26. The highest BCUT2D eigenvalue weighted by atomic mass is 35.5. The fourth-order valence-corrected chi connectivity index (χ4v) is 3.08. The summed E-state index contributed by atoms with van der Waals surface area (Å²) in [5, 5.41) is 0.339. The summed E-state index contributed by atoms with van der Waals surface area (Å²) in [5.41, 5.74) is 0. The highest BCUT2D eigenvalue weighted by Gasteiger charge is 2.18. The van der Waals surface area contributed by atoms with Crippen LogP contribution in [0.2, 0.25) is 5.02 Å². The van der Waals surface area contributed by atoms with Gasteiger partial charge in [-0.1, -0.05) is 23.4 Å². The average molecular weight is 550 g/mol. The van der Waals surface area contributed by atoms with Gasteiger partial charge < -0.3 is 28.4 Å². The number of halogens is 1. The molecular weight excluding hydrogens is 526 g/mol. The van der Waals surface area contributed by atoms with Crippen LogP contribution >= 0.6 is 11.6 Å². The molecule has 0 N–H and O–H groups in total. The van der Waals surface area contributed by atoms with E-state index in [9.17, 15) is 9.59 Å². The number of rotatable bonds is 12. The fourth-order valence-electron chi connectivity index (χ4n) is 2.93. The third-order valence-corrected chi connectivity index (χ3v) is 4.97. The van der Waals surface area contributed by atoms with Crippen LogP contribution in [0.3, 0.4) is 0 Å². The van der Waals surface area contributed by atoms with Crippen molar-refractivity contribution in [2.24, 2.45) is 0 Å². The van der Waals surface area contributed by atoms with Crippen molar-refractivity contribution >= 4 is 23.5 Å². The molecule has 0 spiro atoms. The molecule has 0 aliphatic rings. The van der Waals surface area contributed by atoms with E-state index in [0.717, 1.165) is 0 Å². The second-order valence-electron chi connectivity index (χ2n) is 7.75. The molecule has 3 aromatic rings. The molecule has 10 heteroatoms. The number of aromatic nitrogens is 1. The molecular formula is C29H24ClNO8. The van der Waals surface area contributed by atoms with E-state index in [2.05, 4.69) is 16.8 Å². The molecule has 0 aliphatic heterocycles. The van der Waals surface area contributed by atoms with E-state index < -0.39 is 24.1 Å². The lowest BCUT2D eigenvalue weighted by Gasteiger charge is -2.15. The van der Waals surface area contributed by atoms with Crippen LogP contribution < -0.4 is 18.9 Å². The molecule has 0 aliphatic carbocycles. The summed E-state index contributed by atoms with van der Waals surface area (Å²) >= 11 is 6.12. The second kappa shape index (κ2) is 14.2. The quantitative estimate of drug-likeness (QED) is 0.222. The molecule has 0 saturated heterocycles. The number of nitrogens with zero attached hydrogens (tertiary/aromatic N) is 1. The van der Waals surface area contributed by atoms with Crippen molar-refractivity contribution < 1.29 is 38.0 Å². The second-order valence-corrected chi connectivity index (χ2v) is 8.18. The first-order chi connectivity index (χ1) is 18.8. The molecule has 2 atom stereocenters. The number of ether oxygens (including phenoxy) is 6. The average Bonchev–Trinajstić information content (AvgIpc) is 2.93. The minimum absolute atomic E-state index is 0.126. The summed E-state index contributed by atoms with van der Waals surface area (Å²) in [4.78, 5) is 27.9. The van der Waals surface area contributed by atoms with Gasteiger partial charge in [0.25, 0.3) is 5.88 Å². The Hall–Kier alpha value is -4.86. The van der Waals surface area contributed by atoms with Gasteiger partial charge in [-0.25, -0.2) is 14.6 Å². The Bertz CT molecular complexity index is 1360. The first-order valence-corrected chi connectivity index (χ1v) is 11.9. The smallest absolute Gasteiger partial charge is 0.347 e. The Kier molecular flexibility index (Phi) is 10.4. The molecule has 0 fully saturated rings. The number of carbonyl (C=O) groups is 2. The number of benzene rings is 2. The molecule has 0 amide bonds.